The summed E-state index contributed by atoms with van der Waals surface area (Å²) < 4.78 is 5.30. The van der Waals surface area contributed by atoms with Gasteiger partial charge in [0.2, 0.25) is 5.91 Å². The van der Waals surface area contributed by atoms with Crippen LogP contribution in [0.5, 0.6) is 0 Å². The molecule has 5 heteroatoms. The van der Waals surface area contributed by atoms with Crippen LogP contribution in [0.2, 0.25) is 0 Å². The first-order valence-corrected chi connectivity index (χ1v) is 7.18. The van der Waals surface area contributed by atoms with Gasteiger partial charge in [0.25, 0.3) is 0 Å². The van der Waals surface area contributed by atoms with Gasteiger partial charge in [-0.2, -0.15) is 0 Å². The van der Waals surface area contributed by atoms with Crippen molar-refractivity contribution in [3.8, 4) is 0 Å². The molecule has 1 saturated heterocycles. The van der Waals surface area contributed by atoms with Crippen molar-refractivity contribution in [1.82, 2.24) is 4.90 Å². The Balaban J connectivity index is 2.14. The van der Waals surface area contributed by atoms with E-state index in [0.29, 0.717) is 12.2 Å². The Labute approximate surface area is 125 Å². The fourth-order valence-corrected chi connectivity index (χ4v) is 2.41. The fourth-order valence-electron chi connectivity index (χ4n) is 2.41. The Hall–Kier alpha value is -2.04. The Morgan fingerprint density at radius 1 is 1.29 bits per heavy atom. The van der Waals surface area contributed by atoms with Crippen LogP contribution < -0.4 is 5.73 Å². The van der Waals surface area contributed by atoms with Crippen molar-refractivity contribution in [1.29, 1.82) is 0 Å². The third kappa shape index (κ3) is 3.74. The van der Waals surface area contributed by atoms with Gasteiger partial charge in [0.15, 0.2) is 0 Å². The van der Waals surface area contributed by atoms with Gasteiger partial charge in [-0.3, -0.25) is 4.79 Å². The number of imide groups is 1. The third-order valence-electron chi connectivity index (χ3n) is 3.39. The Bertz CT molecular complexity index is 531. The number of nitrogens with zero attached hydrogens (tertiary/aromatic N) is 1. The van der Waals surface area contributed by atoms with Gasteiger partial charge in [-0.25, -0.2) is 9.69 Å². The smallest absolute Gasteiger partial charge is 0.417 e. The molecular formula is C16H22N2O3. The lowest BCUT2D eigenvalue weighted by atomic mass is 9.90. The molecule has 21 heavy (non-hydrogen) atoms. The molecule has 2 amide bonds. The number of carbonyl (C=O) groups is 2. The molecule has 1 heterocycles. The molecule has 1 unspecified atom stereocenters. The van der Waals surface area contributed by atoms with Gasteiger partial charge in [0.1, 0.15) is 5.60 Å². The number of nitrogen functional groups attached to an aromatic ring is 1. The maximum atomic E-state index is 12.5. The van der Waals surface area contributed by atoms with Crippen LogP contribution in [0.3, 0.4) is 0 Å². The van der Waals surface area contributed by atoms with E-state index in [2.05, 4.69) is 0 Å². The Morgan fingerprint density at radius 3 is 2.48 bits per heavy atom. The van der Waals surface area contributed by atoms with Crippen LogP contribution >= 0.6 is 0 Å². The van der Waals surface area contributed by atoms with Gasteiger partial charge >= 0.3 is 6.09 Å². The first kappa shape index (κ1) is 15.4. The molecule has 0 bridgehead atoms. The largest absolute Gasteiger partial charge is 0.443 e. The van der Waals surface area contributed by atoms with Crippen molar-refractivity contribution in [2.24, 2.45) is 0 Å². The van der Waals surface area contributed by atoms with Gasteiger partial charge in [-0.15, -0.1) is 0 Å². The molecule has 1 aliphatic heterocycles. The molecule has 114 valence electrons. The maximum absolute atomic E-state index is 12.5. The van der Waals surface area contributed by atoms with E-state index < -0.39 is 11.7 Å². The van der Waals surface area contributed by atoms with Gasteiger partial charge in [-0.1, -0.05) is 12.1 Å². The molecule has 2 N–H and O–H groups in total. The quantitative estimate of drug-likeness (QED) is 0.807. The van der Waals surface area contributed by atoms with Crippen LogP contribution in [-0.4, -0.2) is 29.0 Å². The summed E-state index contributed by atoms with van der Waals surface area (Å²) in [7, 11) is 0. The van der Waals surface area contributed by atoms with Crippen LogP contribution in [0, 0.1) is 0 Å². The van der Waals surface area contributed by atoms with Gasteiger partial charge < -0.3 is 10.5 Å². The number of benzene rings is 1. The van der Waals surface area contributed by atoms with Crippen molar-refractivity contribution in [2.45, 2.75) is 45.1 Å². The summed E-state index contributed by atoms with van der Waals surface area (Å²) in [6.07, 6.45) is 0.954. The minimum atomic E-state index is -0.606. The lowest BCUT2D eigenvalue weighted by Gasteiger charge is -2.32. The predicted octanol–water partition coefficient (Wildman–Crippen LogP) is 2.91. The molecule has 0 aromatic heterocycles. The number of carbonyl (C=O) groups excluding carboxylic acids is 2. The number of amides is 2. The monoisotopic (exact) mass is 290 g/mol. The van der Waals surface area contributed by atoms with Crippen molar-refractivity contribution in [3.63, 3.8) is 0 Å². The van der Waals surface area contributed by atoms with Gasteiger partial charge in [0.05, 0.1) is 5.92 Å². The lowest BCUT2D eigenvalue weighted by Crippen LogP contribution is -2.46. The predicted molar refractivity (Wildman–Crippen MR) is 80.8 cm³/mol. The fraction of sp³-hybridized carbons (Fsp3) is 0.500. The molecule has 0 aliphatic carbocycles. The van der Waals surface area contributed by atoms with E-state index in [-0.39, 0.29) is 11.8 Å². The second-order valence-corrected chi connectivity index (χ2v) is 6.33. The molecule has 0 radical (unpaired) electrons. The van der Waals surface area contributed by atoms with E-state index in [4.69, 9.17) is 10.5 Å². The average Bonchev–Trinajstić information content (AvgIpc) is 2.38. The molecule has 0 spiro atoms. The van der Waals surface area contributed by atoms with Crippen molar-refractivity contribution < 1.29 is 14.3 Å². The van der Waals surface area contributed by atoms with E-state index in [1.807, 2.05) is 12.1 Å². The zero-order valence-corrected chi connectivity index (χ0v) is 12.8. The molecule has 2 rings (SSSR count). The molecule has 1 aliphatic rings. The van der Waals surface area contributed by atoms with Crippen LogP contribution in [-0.2, 0) is 9.53 Å². The number of hydrogen-bond donors (Lipinski definition) is 1. The summed E-state index contributed by atoms with van der Waals surface area (Å²) in [5.74, 6) is -0.493. The molecular weight excluding hydrogens is 268 g/mol. The van der Waals surface area contributed by atoms with E-state index in [1.54, 1.807) is 32.9 Å². The average molecular weight is 290 g/mol. The molecule has 1 aromatic rings. The molecule has 1 aromatic carbocycles. The van der Waals surface area contributed by atoms with Gasteiger partial charge in [0, 0.05) is 12.2 Å². The topological polar surface area (TPSA) is 72.6 Å². The minimum absolute atomic E-state index is 0.194. The third-order valence-corrected chi connectivity index (χ3v) is 3.39. The molecule has 1 atom stereocenters. The first-order chi connectivity index (χ1) is 9.78. The SMILES string of the molecule is CC(C)(C)OC(=O)N1CCCC(c2ccc(N)cc2)C1=O. The van der Waals surface area contributed by atoms with Crippen molar-refractivity contribution in [2.75, 3.05) is 12.3 Å². The Morgan fingerprint density at radius 2 is 1.90 bits per heavy atom. The summed E-state index contributed by atoms with van der Waals surface area (Å²) in [6.45, 7) is 5.78. The van der Waals surface area contributed by atoms with E-state index in [1.165, 1.54) is 4.90 Å². The normalized spacial score (nSPS) is 19.5. The lowest BCUT2D eigenvalue weighted by molar-refractivity contribution is -0.134. The highest BCUT2D eigenvalue weighted by molar-refractivity contribution is 5.96. The van der Waals surface area contributed by atoms with Crippen LogP contribution in [0.1, 0.15) is 45.1 Å². The number of rotatable bonds is 1. The highest BCUT2D eigenvalue weighted by atomic mass is 16.6. The number of likely N-dealkylation sites (tertiary alicyclic amines) is 1. The van der Waals surface area contributed by atoms with Gasteiger partial charge in [-0.05, 0) is 51.3 Å². The second kappa shape index (κ2) is 5.76. The molecule has 5 nitrogen and oxygen atoms in total. The zero-order chi connectivity index (χ0) is 15.6. The van der Waals surface area contributed by atoms with E-state index in [0.717, 1.165) is 18.4 Å². The Kier molecular flexibility index (Phi) is 4.21. The number of hydrogen-bond acceptors (Lipinski definition) is 4. The summed E-state index contributed by atoms with van der Waals surface area (Å²) in [6, 6.07) is 7.23. The minimum Gasteiger partial charge on any atom is -0.443 e. The summed E-state index contributed by atoms with van der Waals surface area (Å²) in [5, 5.41) is 0. The standard InChI is InChI=1S/C16H22N2O3/c1-16(2,3)21-15(20)18-10-4-5-13(14(18)19)11-6-8-12(17)9-7-11/h6-9,13H,4-5,10,17H2,1-3H3. The van der Waals surface area contributed by atoms with Crippen LogP contribution in [0.4, 0.5) is 10.5 Å². The summed E-state index contributed by atoms with van der Waals surface area (Å²) >= 11 is 0. The van der Waals surface area contributed by atoms with E-state index in [9.17, 15) is 9.59 Å². The number of anilines is 1. The molecule has 1 fully saturated rings. The van der Waals surface area contributed by atoms with Crippen molar-refractivity contribution in [3.05, 3.63) is 29.8 Å². The summed E-state index contributed by atoms with van der Waals surface area (Å²) in [5.41, 5.74) is 6.61. The highest BCUT2D eigenvalue weighted by Crippen LogP contribution is 2.29. The highest BCUT2D eigenvalue weighted by Gasteiger charge is 2.35. The number of nitrogens with two attached hydrogens (primary N) is 1. The van der Waals surface area contributed by atoms with Crippen LogP contribution in [0.15, 0.2) is 24.3 Å². The number of piperidine rings is 1. The van der Waals surface area contributed by atoms with Crippen LogP contribution in [0.25, 0.3) is 0 Å². The number of ether oxygens (including phenoxy) is 1. The molecule has 0 saturated carbocycles. The van der Waals surface area contributed by atoms with E-state index >= 15 is 0 Å². The zero-order valence-electron chi connectivity index (χ0n) is 12.8. The van der Waals surface area contributed by atoms with Crippen molar-refractivity contribution >= 4 is 17.7 Å². The first-order valence-electron chi connectivity index (χ1n) is 7.18. The second-order valence-electron chi connectivity index (χ2n) is 6.33. The summed E-state index contributed by atoms with van der Waals surface area (Å²) in [4.78, 5) is 25.9. The maximum Gasteiger partial charge on any atom is 0.417 e.